The van der Waals surface area contributed by atoms with Crippen LogP contribution in [0.4, 0.5) is 4.39 Å². The normalized spacial score (nSPS) is 15.5. The Bertz CT molecular complexity index is 593. The maximum atomic E-state index is 13.3. The second kappa shape index (κ2) is 5.16. The van der Waals surface area contributed by atoms with Gasteiger partial charge in [-0.1, -0.05) is 12.1 Å². The molecule has 5 nitrogen and oxygen atoms in total. The zero-order chi connectivity index (χ0) is 13.9. The highest BCUT2D eigenvalue weighted by Crippen LogP contribution is 2.31. The molecule has 1 aromatic heterocycles. The highest BCUT2D eigenvalue weighted by molar-refractivity contribution is 5.25. The molecule has 1 aromatic carbocycles. The fraction of sp³-hybridized carbons (Fsp3) is 0.308. The van der Waals surface area contributed by atoms with Crippen molar-refractivity contribution in [1.29, 1.82) is 5.26 Å². The Kier molecular flexibility index (Phi) is 3.58. The van der Waals surface area contributed by atoms with E-state index in [1.54, 1.807) is 13.0 Å². The van der Waals surface area contributed by atoms with Crippen LogP contribution in [0, 0.1) is 23.1 Å². The van der Waals surface area contributed by atoms with Gasteiger partial charge in [0.15, 0.2) is 0 Å². The zero-order valence-corrected chi connectivity index (χ0v) is 10.4. The number of rotatable bonds is 4. The van der Waals surface area contributed by atoms with Gasteiger partial charge < -0.3 is 5.11 Å². The fourth-order valence-electron chi connectivity index (χ4n) is 1.90. The molecule has 0 aliphatic carbocycles. The molecule has 0 unspecified atom stereocenters. The van der Waals surface area contributed by atoms with Gasteiger partial charge in [0.05, 0.1) is 18.5 Å². The first-order chi connectivity index (χ1) is 9.06. The number of halogens is 1. The first kappa shape index (κ1) is 13.2. The van der Waals surface area contributed by atoms with Crippen LogP contribution < -0.4 is 0 Å². The fourth-order valence-corrected chi connectivity index (χ4v) is 1.90. The minimum absolute atomic E-state index is 0.0329. The molecule has 2 rings (SSSR count). The summed E-state index contributed by atoms with van der Waals surface area (Å²) < 4.78 is 14.7. The lowest BCUT2D eigenvalue weighted by molar-refractivity contribution is -0.0169. The first-order valence-corrected chi connectivity index (χ1v) is 5.76. The van der Waals surface area contributed by atoms with E-state index in [0.29, 0.717) is 5.56 Å². The summed E-state index contributed by atoms with van der Waals surface area (Å²) >= 11 is 0. The Morgan fingerprint density at radius 2 is 2.37 bits per heavy atom. The van der Waals surface area contributed by atoms with Gasteiger partial charge in [-0.2, -0.15) is 10.4 Å². The highest BCUT2D eigenvalue weighted by Gasteiger charge is 2.37. The summed E-state index contributed by atoms with van der Waals surface area (Å²) in [6.07, 6.45) is 2.78. The molecular weight excluding hydrogens is 247 g/mol. The minimum Gasteiger partial charge on any atom is -0.382 e. The average molecular weight is 260 g/mol. The molecule has 2 aromatic rings. The van der Waals surface area contributed by atoms with Crippen molar-refractivity contribution in [2.45, 2.75) is 19.1 Å². The Labute approximate surface area is 109 Å². The highest BCUT2D eigenvalue weighted by atomic mass is 19.1. The summed E-state index contributed by atoms with van der Waals surface area (Å²) in [6, 6.07) is 7.61. The average Bonchev–Trinajstić information content (AvgIpc) is 2.90. The molecule has 0 radical (unpaired) electrons. The van der Waals surface area contributed by atoms with E-state index in [2.05, 4.69) is 10.1 Å². The lowest BCUT2D eigenvalue weighted by Crippen LogP contribution is -2.38. The van der Waals surface area contributed by atoms with Crippen molar-refractivity contribution in [3.63, 3.8) is 0 Å². The van der Waals surface area contributed by atoms with E-state index in [9.17, 15) is 9.50 Å². The lowest BCUT2D eigenvalue weighted by atomic mass is 9.83. The van der Waals surface area contributed by atoms with Crippen molar-refractivity contribution in [3.05, 3.63) is 48.3 Å². The maximum Gasteiger partial charge on any atom is 0.137 e. The standard InChI is InChI=1S/C13H13FN4O/c1-10(6-15)13(19,7-18-9-16-8-17-18)11-3-2-4-12(14)5-11/h2-5,8-10,19H,7H2,1H3/t10-,13+/m0/s1. The third-order valence-electron chi connectivity index (χ3n) is 3.10. The molecule has 98 valence electrons. The van der Waals surface area contributed by atoms with Gasteiger partial charge in [-0.3, -0.25) is 0 Å². The third-order valence-corrected chi connectivity index (χ3v) is 3.10. The molecule has 0 saturated carbocycles. The second-order valence-corrected chi connectivity index (χ2v) is 4.38. The predicted molar refractivity (Wildman–Crippen MR) is 65.1 cm³/mol. The molecule has 0 aliphatic rings. The van der Waals surface area contributed by atoms with Crippen LogP contribution >= 0.6 is 0 Å². The maximum absolute atomic E-state index is 13.3. The number of benzene rings is 1. The van der Waals surface area contributed by atoms with Crippen LogP contribution in [-0.2, 0) is 12.1 Å². The second-order valence-electron chi connectivity index (χ2n) is 4.38. The molecular formula is C13H13FN4O. The number of aromatic nitrogens is 3. The van der Waals surface area contributed by atoms with Crippen molar-refractivity contribution in [1.82, 2.24) is 14.8 Å². The van der Waals surface area contributed by atoms with Gasteiger partial charge in [0, 0.05) is 0 Å². The number of hydrogen-bond donors (Lipinski definition) is 1. The molecule has 0 bridgehead atoms. The number of nitriles is 1. The van der Waals surface area contributed by atoms with E-state index in [1.165, 1.54) is 35.5 Å². The van der Waals surface area contributed by atoms with E-state index in [0.717, 1.165) is 0 Å². The van der Waals surface area contributed by atoms with Crippen LogP contribution in [0.3, 0.4) is 0 Å². The van der Waals surface area contributed by atoms with Crippen molar-refractivity contribution in [2.24, 2.45) is 5.92 Å². The molecule has 0 spiro atoms. The van der Waals surface area contributed by atoms with Gasteiger partial charge in [0.1, 0.15) is 24.1 Å². The smallest absolute Gasteiger partial charge is 0.137 e. The van der Waals surface area contributed by atoms with Crippen LogP contribution in [0.1, 0.15) is 12.5 Å². The van der Waals surface area contributed by atoms with E-state index in [-0.39, 0.29) is 6.54 Å². The summed E-state index contributed by atoms with van der Waals surface area (Å²) in [4.78, 5) is 3.79. The molecule has 0 fully saturated rings. The predicted octanol–water partition coefficient (Wildman–Crippen LogP) is 1.46. The van der Waals surface area contributed by atoms with Crippen molar-refractivity contribution in [2.75, 3.05) is 0 Å². The van der Waals surface area contributed by atoms with Crippen molar-refractivity contribution >= 4 is 0 Å². The molecule has 0 amide bonds. The molecule has 0 aliphatic heterocycles. The summed E-state index contributed by atoms with van der Waals surface area (Å²) in [6.45, 7) is 1.62. The molecule has 19 heavy (non-hydrogen) atoms. The van der Waals surface area contributed by atoms with Gasteiger partial charge in [0.2, 0.25) is 0 Å². The lowest BCUT2D eigenvalue weighted by Gasteiger charge is -2.30. The Morgan fingerprint density at radius 1 is 1.58 bits per heavy atom. The van der Waals surface area contributed by atoms with E-state index >= 15 is 0 Å². The Hall–Kier alpha value is -2.26. The largest absolute Gasteiger partial charge is 0.382 e. The molecule has 1 N–H and O–H groups in total. The van der Waals surface area contributed by atoms with Crippen molar-refractivity contribution in [3.8, 4) is 6.07 Å². The summed E-state index contributed by atoms with van der Waals surface area (Å²) in [7, 11) is 0. The molecule has 6 heteroatoms. The van der Waals surface area contributed by atoms with Gasteiger partial charge in [0.25, 0.3) is 0 Å². The van der Waals surface area contributed by atoms with Gasteiger partial charge in [-0.25, -0.2) is 14.1 Å². The summed E-state index contributed by atoms with van der Waals surface area (Å²) in [5.74, 6) is -1.18. The Balaban J connectivity index is 2.43. The summed E-state index contributed by atoms with van der Waals surface area (Å²) in [5, 5.41) is 23.8. The molecule has 2 atom stereocenters. The first-order valence-electron chi connectivity index (χ1n) is 5.76. The van der Waals surface area contributed by atoms with Crippen LogP contribution in [0.5, 0.6) is 0 Å². The van der Waals surface area contributed by atoms with Crippen LogP contribution in [-0.4, -0.2) is 19.9 Å². The third kappa shape index (κ3) is 2.61. The Morgan fingerprint density at radius 3 is 2.95 bits per heavy atom. The topological polar surface area (TPSA) is 74.7 Å². The number of nitrogens with zero attached hydrogens (tertiary/aromatic N) is 4. The summed E-state index contributed by atoms with van der Waals surface area (Å²) in [5.41, 5.74) is -1.18. The van der Waals surface area contributed by atoms with Crippen LogP contribution in [0.2, 0.25) is 0 Å². The number of hydrogen-bond acceptors (Lipinski definition) is 4. The zero-order valence-electron chi connectivity index (χ0n) is 10.4. The van der Waals surface area contributed by atoms with Gasteiger partial charge in [-0.05, 0) is 24.6 Å². The van der Waals surface area contributed by atoms with E-state index in [4.69, 9.17) is 5.26 Å². The van der Waals surface area contributed by atoms with E-state index in [1.807, 2.05) is 6.07 Å². The molecule has 1 heterocycles. The van der Waals surface area contributed by atoms with Gasteiger partial charge in [-0.15, -0.1) is 0 Å². The quantitative estimate of drug-likeness (QED) is 0.903. The van der Waals surface area contributed by atoms with E-state index < -0.39 is 17.3 Å². The SMILES string of the molecule is C[C@@H](C#N)[C@](O)(Cn1cncn1)c1cccc(F)c1. The monoisotopic (exact) mass is 260 g/mol. The van der Waals surface area contributed by atoms with Crippen molar-refractivity contribution < 1.29 is 9.50 Å². The van der Waals surface area contributed by atoms with Crippen LogP contribution in [0.15, 0.2) is 36.9 Å². The number of aliphatic hydroxyl groups is 1. The molecule has 0 saturated heterocycles. The van der Waals surface area contributed by atoms with Gasteiger partial charge >= 0.3 is 0 Å². The minimum atomic E-state index is -1.52. The van der Waals surface area contributed by atoms with Crippen LogP contribution in [0.25, 0.3) is 0 Å².